The lowest BCUT2D eigenvalue weighted by atomic mass is 10.1. The molecule has 0 aromatic heterocycles. The number of alkyl halides is 2. The van der Waals surface area contributed by atoms with Crippen LogP contribution < -0.4 is 5.73 Å². The van der Waals surface area contributed by atoms with Gasteiger partial charge in [-0.2, -0.15) is 0 Å². The van der Waals surface area contributed by atoms with Gasteiger partial charge in [0.05, 0.1) is 4.92 Å². The molecule has 0 saturated heterocycles. The summed E-state index contributed by atoms with van der Waals surface area (Å²) in [5, 5.41) is 10.3. The van der Waals surface area contributed by atoms with Gasteiger partial charge in [0.2, 0.25) is 0 Å². The molecular formula is C7H6F2N2O2. The van der Waals surface area contributed by atoms with Gasteiger partial charge in [-0.3, -0.25) is 10.1 Å². The lowest BCUT2D eigenvalue weighted by Gasteiger charge is -2.03. The maximum absolute atomic E-state index is 12.2. The van der Waals surface area contributed by atoms with Crippen molar-refractivity contribution >= 4 is 11.4 Å². The molecule has 1 aromatic carbocycles. The van der Waals surface area contributed by atoms with Gasteiger partial charge >= 0.3 is 0 Å². The molecule has 1 aromatic rings. The van der Waals surface area contributed by atoms with Gasteiger partial charge in [0.25, 0.3) is 12.1 Å². The van der Waals surface area contributed by atoms with Crippen molar-refractivity contribution in [3.8, 4) is 0 Å². The summed E-state index contributed by atoms with van der Waals surface area (Å²) < 4.78 is 24.3. The Balaban J connectivity index is 3.26. The van der Waals surface area contributed by atoms with E-state index in [4.69, 9.17) is 5.73 Å². The van der Waals surface area contributed by atoms with Gasteiger partial charge < -0.3 is 5.73 Å². The van der Waals surface area contributed by atoms with Gasteiger partial charge in [-0.1, -0.05) is 12.1 Å². The Labute approximate surface area is 72.1 Å². The third-order valence-corrected chi connectivity index (χ3v) is 1.55. The normalized spacial score (nSPS) is 10.4. The van der Waals surface area contributed by atoms with E-state index in [9.17, 15) is 18.9 Å². The quantitative estimate of drug-likeness (QED) is 0.439. The Hall–Kier alpha value is -1.72. The summed E-state index contributed by atoms with van der Waals surface area (Å²) in [6.07, 6.45) is -2.79. The number of benzene rings is 1. The average Bonchev–Trinajstić information content (AvgIpc) is 2.03. The molecule has 0 saturated carbocycles. The third kappa shape index (κ3) is 1.71. The zero-order chi connectivity index (χ0) is 10.0. The Morgan fingerprint density at radius 1 is 1.46 bits per heavy atom. The van der Waals surface area contributed by atoms with Crippen molar-refractivity contribution in [1.29, 1.82) is 0 Å². The van der Waals surface area contributed by atoms with Crippen molar-refractivity contribution in [1.82, 2.24) is 0 Å². The molecular weight excluding hydrogens is 182 g/mol. The highest BCUT2D eigenvalue weighted by molar-refractivity contribution is 5.63. The van der Waals surface area contributed by atoms with E-state index in [1.807, 2.05) is 0 Å². The molecule has 0 heterocycles. The van der Waals surface area contributed by atoms with Gasteiger partial charge in [-0.05, 0) is 0 Å². The first-order valence-corrected chi connectivity index (χ1v) is 3.35. The van der Waals surface area contributed by atoms with Gasteiger partial charge in [0, 0.05) is 11.6 Å². The Morgan fingerprint density at radius 2 is 2.08 bits per heavy atom. The molecule has 0 aliphatic rings. The monoisotopic (exact) mass is 188 g/mol. The van der Waals surface area contributed by atoms with Crippen LogP contribution in [0.2, 0.25) is 0 Å². The molecule has 0 fully saturated rings. The molecule has 0 unspecified atom stereocenters. The summed E-state index contributed by atoms with van der Waals surface area (Å²) >= 11 is 0. The molecule has 2 N–H and O–H groups in total. The number of para-hydroxylation sites is 1. The molecule has 4 nitrogen and oxygen atoms in total. The van der Waals surface area contributed by atoms with Crippen LogP contribution in [-0.2, 0) is 0 Å². The van der Waals surface area contributed by atoms with Crippen LogP contribution in [0.1, 0.15) is 12.0 Å². The van der Waals surface area contributed by atoms with Crippen LogP contribution in [0.5, 0.6) is 0 Å². The van der Waals surface area contributed by atoms with Crippen LogP contribution in [0.15, 0.2) is 18.2 Å². The van der Waals surface area contributed by atoms with Crippen LogP contribution in [0, 0.1) is 10.1 Å². The second kappa shape index (κ2) is 3.34. The Bertz CT molecular complexity index is 341. The van der Waals surface area contributed by atoms with Crippen LogP contribution in [-0.4, -0.2) is 4.92 Å². The van der Waals surface area contributed by atoms with Crippen molar-refractivity contribution < 1.29 is 13.7 Å². The predicted molar refractivity (Wildman–Crippen MR) is 42.5 cm³/mol. The molecule has 70 valence electrons. The second-order valence-corrected chi connectivity index (χ2v) is 2.34. The topological polar surface area (TPSA) is 69.2 Å². The SMILES string of the molecule is Nc1c(C(F)F)cccc1[N+](=O)[O-]. The maximum Gasteiger partial charge on any atom is 0.292 e. The highest BCUT2D eigenvalue weighted by Crippen LogP contribution is 2.31. The maximum atomic E-state index is 12.2. The molecule has 13 heavy (non-hydrogen) atoms. The Morgan fingerprint density at radius 3 is 2.54 bits per heavy atom. The molecule has 0 bridgehead atoms. The highest BCUT2D eigenvalue weighted by atomic mass is 19.3. The van der Waals surface area contributed by atoms with Crippen LogP contribution in [0.4, 0.5) is 20.2 Å². The minimum Gasteiger partial charge on any atom is -0.393 e. The summed E-state index contributed by atoms with van der Waals surface area (Å²) in [7, 11) is 0. The second-order valence-electron chi connectivity index (χ2n) is 2.34. The molecule has 0 radical (unpaired) electrons. The number of nitrogens with two attached hydrogens (primary N) is 1. The largest absolute Gasteiger partial charge is 0.393 e. The summed E-state index contributed by atoms with van der Waals surface area (Å²) in [6, 6.07) is 3.32. The number of nitrogens with zero attached hydrogens (tertiary/aromatic N) is 1. The van der Waals surface area contributed by atoms with Gasteiger partial charge in [0.15, 0.2) is 0 Å². The Kier molecular flexibility index (Phi) is 2.41. The third-order valence-electron chi connectivity index (χ3n) is 1.55. The lowest BCUT2D eigenvalue weighted by molar-refractivity contribution is -0.384. The zero-order valence-corrected chi connectivity index (χ0v) is 6.41. The molecule has 0 spiro atoms. The van der Waals surface area contributed by atoms with E-state index in [0.717, 1.165) is 12.1 Å². The first-order chi connectivity index (χ1) is 6.04. The van der Waals surface area contributed by atoms with Gasteiger partial charge in [-0.15, -0.1) is 0 Å². The number of nitro benzene ring substituents is 1. The molecule has 0 aliphatic carbocycles. The number of hydrogen-bond acceptors (Lipinski definition) is 3. The lowest BCUT2D eigenvalue weighted by Crippen LogP contribution is -2.00. The van der Waals surface area contributed by atoms with E-state index in [1.54, 1.807) is 0 Å². The van der Waals surface area contributed by atoms with Crippen molar-refractivity contribution in [3.63, 3.8) is 0 Å². The van der Waals surface area contributed by atoms with Crippen molar-refractivity contribution in [2.75, 3.05) is 5.73 Å². The molecule has 0 amide bonds. The number of nitro groups is 1. The van der Waals surface area contributed by atoms with Crippen LogP contribution in [0.3, 0.4) is 0 Å². The summed E-state index contributed by atoms with van der Waals surface area (Å²) in [5.74, 6) is 0. The molecule has 0 aliphatic heterocycles. The minimum absolute atomic E-state index is 0.470. The van der Waals surface area contributed by atoms with Crippen molar-refractivity contribution in [3.05, 3.63) is 33.9 Å². The van der Waals surface area contributed by atoms with E-state index < -0.39 is 28.3 Å². The number of rotatable bonds is 2. The number of hydrogen-bond donors (Lipinski definition) is 1. The standard InChI is InChI=1S/C7H6F2N2O2/c8-7(9)4-2-1-3-5(6(4)10)11(12)13/h1-3,7H,10H2. The van der Waals surface area contributed by atoms with E-state index in [1.165, 1.54) is 6.07 Å². The van der Waals surface area contributed by atoms with E-state index in [2.05, 4.69) is 0 Å². The van der Waals surface area contributed by atoms with E-state index >= 15 is 0 Å². The van der Waals surface area contributed by atoms with Gasteiger partial charge in [-0.25, -0.2) is 8.78 Å². The van der Waals surface area contributed by atoms with Crippen LogP contribution >= 0.6 is 0 Å². The first-order valence-electron chi connectivity index (χ1n) is 3.35. The first kappa shape index (κ1) is 9.37. The fourth-order valence-corrected chi connectivity index (χ4v) is 0.920. The highest BCUT2D eigenvalue weighted by Gasteiger charge is 2.19. The summed E-state index contributed by atoms with van der Waals surface area (Å²) in [6.45, 7) is 0. The zero-order valence-electron chi connectivity index (χ0n) is 6.41. The van der Waals surface area contributed by atoms with Crippen molar-refractivity contribution in [2.45, 2.75) is 6.43 Å². The van der Waals surface area contributed by atoms with E-state index in [-0.39, 0.29) is 0 Å². The van der Waals surface area contributed by atoms with Gasteiger partial charge in [0.1, 0.15) is 5.69 Å². The average molecular weight is 188 g/mol. The molecule has 6 heteroatoms. The number of halogens is 2. The minimum atomic E-state index is -2.79. The smallest absolute Gasteiger partial charge is 0.292 e. The number of nitrogen functional groups attached to an aromatic ring is 1. The predicted octanol–water partition coefficient (Wildman–Crippen LogP) is 2.11. The molecule has 1 rings (SSSR count). The van der Waals surface area contributed by atoms with Crippen LogP contribution in [0.25, 0.3) is 0 Å². The fraction of sp³-hybridized carbons (Fsp3) is 0.143. The fourth-order valence-electron chi connectivity index (χ4n) is 0.920. The summed E-state index contributed by atoms with van der Waals surface area (Å²) in [5.41, 5.74) is 3.70. The summed E-state index contributed by atoms with van der Waals surface area (Å²) in [4.78, 5) is 9.49. The van der Waals surface area contributed by atoms with Crippen molar-refractivity contribution in [2.24, 2.45) is 0 Å². The number of anilines is 1. The van der Waals surface area contributed by atoms with E-state index in [0.29, 0.717) is 0 Å². The molecule has 0 atom stereocenters.